The van der Waals surface area contributed by atoms with Crippen molar-refractivity contribution < 1.29 is 4.79 Å². The molecule has 0 fully saturated rings. The highest BCUT2D eigenvalue weighted by Gasteiger charge is 2.32. The van der Waals surface area contributed by atoms with E-state index in [1.54, 1.807) is 4.88 Å². The van der Waals surface area contributed by atoms with Gasteiger partial charge in [-0.25, -0.2) is 0 Å². The average Bonchev–Trinajstić information content (AvgIpc) is 3.16. The smallest absolute Gasteiger partial charge is 0.228 e. The second kappa shape index (κ2) is 6.95. The zero-order valence-electron chi connectivity index (χ0n) is 15.2. The maximum absolute atomic E-state index is 12.4. The van der Waals surface area contributed by atoms with Crippen molar-refractivity contribution in [1.29, 1.82) is 0 Å². The quantitative estimate of drug-likeness (QED) is 0.727. The van der Waals surface area contributed by atoms with Crippen LogP contribution >= 0.6 is 11.3 Å². The van der Waals surface area contributed by atoms with Gasteiger partial charge in [0.15, 0.2) is 0 Å². The van der Waals surface area contributed by atoms with Gasteiger partial charge in [-0.2, -0.15) is 0 Å². The van der Waals surface area contributed by atoms with Crippen molar-refractivity contribution in [3.63, 3.8) is 0 Å². The Balaban J connectivity index is 1.34. The van der Waals surface area contributed by atoms with Crippen molar-refractivity contribution in [2.45, 2.75) is 31.8 Å². The fraction of sp³-hybridized carbons (Fsp3) is 0.261. The molecule has 136 valence electrons. The monoisotopic (exact) mass is 374 g/mol. The van der Waals surface area contributed by atoms with Gasteiger partial charge in [0.1, 0.15) is 0 Å². The van der Waals surface area contributed by atoms with Gasteiger partial charge in [0.05, 0.1) is 6.42 Å². The first kappa shape index (κ1) is 16.7. The summed E-state index contributed by atoms with van der Waals surface area (Å²) in [5, 5.41) is 5.30. The Hall–Kier alpha value is -2.43. The summed E-state index contributed by atoms with van der Waals surface area (Å²) in [5.41, 5.74) is 6.22. The van der Waals surface area contributed by atoms with Gasteiger partial charge >= 0.3 is 0 Å². The number of rotatable bonds is 3. The lowest BCUT2D eigenvalue weighted by Crippen LogP contribution is -2.38. The molecule has 3 nitrogen and oxygen atoms in total. The highest BCUT2D eigenvalue weighted by molar-refractivity contribution is 7.10. The van der Waals surface area contributed by atoms with Crippen molar-refractivity contribution in [3.05, 3.63) is 87.1 Å². The van der Waals surface area contributed by atoms with E-state index in [0.717, 1.165) is 30.8 Å². The molecule has 0 spiro atoms. The Kier molecular flexibility index (Phi) is 4.30. The van der Waals surface area contributed by atoms with Gasteiger partial charge in [-0.3, -0.25) is 9.69 Å². The lowest BCUT2D eigenvalue weighted by atomic mass is 9.87. The van der Waals surface area contributed by atoms with E-state index in [4.69, 9.17) is 0 Å². The number of carbonyl (C=O) groups excluding carboxylic acids is 1. The molecule has 1 aromatic heterocycles. The standard InChI is InChI=1S/C23H22N2OS/c26-23(12-16-4-2-1-3-5-16)24-19-7-6-17-15-25-10-8-22-20(9-11-27-22)21(25)14-18(17)13-19/h1-7,9,11,13,21H,8,10,12,14-15H2,(H,24,26). The minimum Gasteiger partial charge on any atom is -0.326 e. The SMILES string of the molecule is O=C(Cc1ccccc1)Nc1ccc2c(c1)CC1c3ccsc3CCN1C2. The molecule has 0 bridgehead atoms. The summed E-state index contributed by atoms with van der Waals surface area (Å²) < 4.78 is 0. The second-order valence-corrected chi connectivity index (χ2v) is 8.43. The molecule has 0 radical (unpaired) electrons. The first-order valence-electron chi connectivity index (χ1n) is 9.52. The Morgan fingerprint density at radius 3 is 2.89 bits per heavy atom. The molecule has 2 aromatic carbocycles. The number of benzene rings is 2. The Morgan fingerprint density at radius 2 is 2.00 bits per heavy atom. The van der Waals surface area contributed by atoms with Gasteiger partial charge < -0.3 is 5.32 Å². The highest BCUT2D eigenvalue weighted by atomic mass is 32.1. The Labute approximate surface area is 163 Å². The van der Waals surface area contributed by atoms with E-state index in [1.165, 1.54) is 23.1 Å². The van der Waals surface area contributed by atoms with E-state index >= 15 is 0 Å². The van der Waals surface area contributed by atoms with Crippen LogP contribution < -0.4 is 5.32 Å². The molecule has 1 amide bonds. The number of hydrogen-bond acceptors (Lipinski definition) is 3. The van der Waals surface area contributed by atoms with Crippen molar-refractivity contribution in [2.75, 3.05) is 11.9 Å². The molecular weight excluding hydrogens is 352 g/mol. The summed E-state index contributed by atoms with van der Waals surface area (Å²) in [7, 11) is 0. The average molecular weight is 375 g/mol. The van der Waals surface area contributed by atoms with Crippen molar-refractivity contribution in [3.8, 4) is 0 Å². The zero-order chi connectivity index (χ0) is 18.2. The van der Waals surface area contributed by atoms with Crippen LogP contribution in [0.3, 0.4) is 0 Å². The lowest BCUT2D eigenvalue weighted by Gasteiger charge is -2.40. The molecule has 1 N–H and O–H groups in total. The van der Waals surface area contributed by atoms with Crippen molar-refractivity contribution >= 4 is 22.9 Å². The van der Waals surface area contributed by atoms with Crippen LogP contribution in [0.15, 0.2) is 60.0 Å². The van der Waals surface area contributed by atoms with Gasteiger partial charge in [0.25, 0.3) is 0 Å². The van der Waals surface area contributed by atoms with Crippen LogP contribution in [0.5, 0.6) is 0 Å². The molecule has 0 aliphatic carbocycles. The maximum Gasteiger partial charge on any atom is 0.228 e. The van der Waals surface area contributed by atoms with Gasteiger partial charge in [-0.05, 0) is 58.7 Å². The molecule has 5 rings (SSSR count). The summed E-state index contributed by atoms with van der Waals surface area (Å²) in [5.74, 6) is 0.0383. The molecule has 3 heterocycles. The summed E-state index contributed by atoms with van der Waals surface area (Å²) in [4.78, 5) is 16.5. The van der Waals surface area contributed by atoms with E-state index in [2.05, 4.69) is 33.8 Å². The van der Waals surface area contributed by atoms with E-state index in [0.29, 0.717) is 12.5 Å². The molecule has 1 unspecified atom stereocenters. The molecular formula is C23H22N2OS. The molecule has 2 aliphatic rings. The van der Waals surface area contributed by atoms with E-state index < -0.39 is 0 Å². The Bertz CT molecular complexity index is 979. The minimum atomic E-state index is 0.0383. The van der Waals surface area contributed by atoms with Crippen LogP contribution in [0.2, 0.25) is 0 Å². The number of thiophene rings is 1. The second-order valence-electron chi connectivity index (χ2n) is 7.43. The first-order valence-corrected chi connectivity index (χ1v) is 10.4. The summed E-state index contributed by atoms with van der Waals surface area (Å²) in [6.45, 7) is 2.15. The third-order valence-corrected chi connectivity index (χ3v) is 6.69. The van der Waals surface area contributed by atoms with E-state index in [-0.39, 0.29) is 5.91 Å². The van der Waals surface area contributed by atoms with Gasteiger partial charge in [-0.1, -0.05) is 36.4 Å². The summed E-state index contributed by atoms with van der Waals surface area (Å²) in [6, 6.07) is 19.1. The number of carbonyl (C=O) groups is 1. The number of amides is 1. The number of nitrogens with one attached hydrogen (secondary N) is 1. The number of fused-ring (bicyclic) bond motifs is 4. The van der Waals surface area contributed by atoms with Crippen LogP contribution in [0.4, 0.5) is 5.69 Å². The third kappa shape index (κ3) is 3.31. The first-order chi connectivity index (χ1) is 13.3. The lowest BCUT2D eigenvalue weighted by molar-refractivity contribution is -0.115. The summed E-state index contributed by atoms with van der Waals surface area (Å²) in [6.07, 6.45) is 2.61. The van der Waals surface area contributed by atoms with Gasteiger partial charge in [-0.15, -0.1) is 11.3 Å². The normalized spacial score (nSPS) is 18.3. The fourth-order valence-corrected chi connectivity index (χ4v) is 5.27. The fourth-order valence-electron chi connectivity index (χ4n) is 4.34. The zero-order valence-corrected chi connectivity index (χ0v) is 16.0. The van der Waals surface area contributed by atoms with Crippen LogP contribution in [-0.2, 0) is 30.6 Å². The van der Waals surface area contributed by atoms with E-state index in [1.807, 2.05) is 47.7 Å². The number of anilines is 1. The maximum atomic E-state index is 12.4. The third-order valence-electron chi connectivity index (χ3n) is 5.69. The largest absolute Gasteiger partial charge is 0.326 e. The molecule has 0 saturated carbocycles. The van der Waals surface area contributed by atoms with Crippen LogP contribution in [-0.4, -0.2) is 17.4 Å². The molecule has 3 aromatic rings. The number of hydrogen-bond donors (Lipinski definition) is 1. The van der Waals surface area contributed by atoms with E-state index in [9.17, 15) is 4.79 Å². The van der Waals surface area contributed by atoms with Gasteiger partial charge in [0, 0.05) is 29.7 Å². The van der Waals surface area contributed by atoms with Crippen molar-refractivity contribution in [1.82, 2.24) is 4.90 Å². The van der Waals surface area contributed by atoms with Crippen LogP contribution in [0.25, 0.3) is 0 Å². The number of nitrogens with zero attached hydrogens (tertiary/aromatic N) is 1. The molecule has 4 heteroatoms. The summed E-state index contributed by atoms with van der Waals surface area (Å²) >= 11 is 1.89. The minimum absolute atomic E-state index is 0.0383. The highest BCUT2D eigenvalue weighted by Crippen LogP contribution is 2.40. The molecule has 0 saturated heterocycles. The predicted octanol–water partition coefficient (Wildman–Crippen LogP) is 4.58. The molecule has 1 atom stereocenters. The molecule has 2 aliphatic heterocycles. The Morgan fingerprint density at radius 1 is 1.11 bits per heavy atom. The van der Waals surface area contributed by atoms with Crippen LogP contribution in [0.1, 0.15) is 33.2 Å². The van der Waals surface area contributed by atoms with Gasteiger partial charge in [0.2, 0.25) is 5.91 Å². The van der Waals surface area contributed by atoms with Crippen molar-refractivity contribution in [2.24, 2.45) is 0 Å². The topological polar surface area (TPSA) is 32.3 Å². The predicted molar refractivity (Wildman–Crippen MR) is 110 cm³/mol. The van der Waals surface area contributed by atoms with Crippen LogP contribution in [0, 0.1) is 0 Å². The molecule has 27 heavy (non-hydrogen) atoms.